The molecule has 0 aliphatic carbocycles. The number of aromatic carboxylic acids is 1. The highest BCUT2D eigenvalue weighted by Crippen LogP contribution is 2.26. The maximum absolute atomic E-state index is 12.3. The van der Waals surface area contributed by atoms with Crippen LogP contribution in [0.5, 0.6) is 0 Å². The number of nitrogens with zero attached hydrogens (tertiary/aromatic N) is 2. The van der Waals surface area contributed by atoms with Crippen LogP contribution < -0.4 is 9.62 Å². The predicted molar refractivity (Wildman–Crippen MR) is 115 cm³/mol. The topological polar surface area (TPSA) is 137 Å². The van der Waals surface area contributed by atoms with Gasteiger partial charge in [0.2, 0.25) is 0 Å². The third-order valence-corrected chi connectivity index (χ3v) is 7.29. The highest BCUT2D eigenvalue weighted by molar-refractivity contribution is 7.94. The second kappa shape index (κ2) is 11.3. The minimum Gasteiger partial charge on any atom is -0.478 e. The van der Waals surface area contributed by atoms with Crippen molar-refractivity contribution in [2.75, 3.05) is 22.7 Å². The van der Waals surface area contributed by atoms with Crippen LogP contribution in [0.4, 0.5) is 24.7 Å². The number of carboxylic acids is 2. The Hall–Kier alpha value is -2.87. The Kier molecular flexibility index (Phi) is 9.05. The number of halogens is 3. The molecule has 0 bridgehead atoms. The Morgan fingerprint density at radius 1 is 1.09 bits per heavy atom. The molecule has 3 rings (SSSR count). The molecule has 2 aromatic rings. The van der Waals surface area contributed by atoms with Gasteiger partial charge < -0.3 is 15.1 Å². The molecule has 0 spiro atoms. The number of nitrogens with one attached hydrogen (secondary N) is 1. The number of aromatic nitrogens is 1. The van der Waals surface area contributed by atoms with E-state index in [2.05, 4.69) is 9.71 Å². The fourth-order valence-electron chi connectivity index (χ4n) is 3.00. The van der Waals surface area contributed by atoms with Crippen molar-refractivity contribution in [3.8, 4) is 0 Å². The van der Waals surface area contributed by atoms with E-state index in [4.69, 9.17) is 9.90 Å². The van der Waals surface area contributed by atoms with E-state index in [-0.39, 0.29) is 15.5 Å². The quantitative estimate of drug-likeness (QED) is 0.549. The molecule has 0 atom stereocenters. The summed E-state index contributed by atoms with van der Waals surface area (Å²) in [6, 6.07) is 4.48. The van der Waals surface area contributed by atoms with Gasteiger partial charge in [0, 0.05) is 13.1 Å². The monoisotopic (exact) mass is 509 g/mol. The molecule has 1 saturated heterocycles. The lowest BCUT2D eigenvalue weighted by atomic mass is 10.1. The van der Waals surface area contributed by atoms with E-state index >= 15 is 0 Å². The number of aliphatic carboxylic acids is 1. The Labute approximate surface area is 191 Å². The predicted octanol–water partition coefficient (Wildman–Crippen LogP) is 4.05. The van der Waals surface area contributed by atoms with Crippen molar-refractivity contribution in [3.05, 3.63) is 35.3 Å². The molecule has 33 heavy (non-hydrogen) atoms. The van der Waals surface area contributed by atoms with Crippen LogP contribution in [0.2, 0.25) is 0 Å². The third kappa shape index (κ3) is 7.89. The molecule has 1 aliphatic rings. The lowest BCUT2D eigenvalue weighted by molar-refractivity contribution is -0.192. The second-order valence-electron chi connectivity index (χ2n) is 7.00. The first kappa shape index (κ1) is 26.4. The standard InChI is InChI=1S/C17H21N3O4S2.C2HF3O2/c21-17(22)14-11-13(19-26(23,24)15-7-6-10-25-15)12-18-16(14)20-8-4-2-1-3-5-9-20;3-2(4,5)1(6)7/h6-7,10-12,19H,1-5,8-9H2,(H,21,22);(H,6,7). The average molecular weight is 510 g/mol. The molecule has 2 aromatic heterocycles. The van der Waals surface area contributed by atoms with Crippen LogP contribution in [0.15, 0.2) is 34.0 Å². The largest absolute Gasteiger partial charge is 0.490 e. The van der Waals surface area contributed by atoms with Crippen LogP contribution in [0.1, 0.15) is 42.5 Å². The molecule has 3 heterocycles. The van der Waals surface area contributed by atoms with Crippen molar-refractivity contribution in [3.63, 3.8) is 0 Å². The minimum absolute atomic E-state index is 0.0111. The van der Waals surface area contributed by atoms with Crippen molar-refractivity contribution >= 4 is 44.8 Å². The summed E-state index contributed by atoms with van der Waals surface area (Å²) in [7, 11) is -3.74. The van der Waals surface area contributed by atoms with Gasteiger partial charge in [0.1, 0.15) is 15.6 Å². The lowest BCUT2D eigenvalue weighted by Gasteiger charge is -2.27. The molecule has 0 amide bonds. The zero-order valence-corrected chi connectivity index (χ0v) is 18.8. The van der Waals surface area contributed by atoms with Gasteiger partial charge >= 0.3 is 18.1 Å². The fourth-order valence-corrected chi connectivity index (χ4v) is 5.03. The van der Waals surface area contributed by atoms with Gasteiger partial charge in [0.15, 0.2) is 0 Å². The maximum atomic E-state index is 12.3. The highest BCUT2D eigenvalue weighted by Gasteiger charge is 2.38. The summed E-state index contributed by atoms with van der Waals surface area (Å²) in [6.07, 6.45) is 1.73. The maximum Gasteiger partial charge on any atom is 0.490 e. The highest BCUT2D eigenvalue weighted by atomic mass is 32.2. The number of sulfonamides is 1. The summed E-state index contributed by atoms with van der Waals surface area (Å²) in [4.78, 5) is 26.9. The Morgan fingerprint density at radius 2 is 1.67 bits per heavy atom. The van der Waals surface area contributed by atoms with Crippen LogP contribution in [0, 0.1) is 0 Å². The van der Waals surface area contributed by atoms with Crippen LogP contribution >= 0.6 is 11.3 Å². The molecule has 9 nitrogen and oxygen atoms in total. The average Bonchev–Trinajstić information content (AvgIpc) is 3.23. The number of carbonyl (C=O) groups is 2. The van der Waals surface area contributed by atoms with E-state index in [1.54, 1.807) is 11.4 Å². The van der Waals surface area contributed by atoms with Crippen LogP contribution in [0.3, 0.4) is 0 Å². The Morgan fingerprint density at radius 3 is 2.15 bits per heavy atom. The van der Waals surface area contributed by atoms with Crippen molar-refractivity contribution in [1.82, 2.24) is 4.98 Å². The molecule has 0 unspecified atom stereocenters. The SMILES string of the molecule is O=C(O)C(F)(F)F.O=C(O)c1cc(NS(=O)(=O)c2cccs2)cnc1N1CCCCCCC1. The van der Waals surface area contributed by atoms with Gasteiger partial charge in [-0.05, 0) is 30.4 Å². The first-order chi connectivity index (χ1) is 15.4. The van der Waals surface area contributed by atoms with E-state index in [1.165, 1.54) is 24.8 Å². The van der Waals surface area contributed by atoms with Crippen LogP contribution in [0.25, 0.3) is 0 Å². The Bertz CT molecular complexity index is 1050. The summed E-state index contributed by atoms with van der Waals surface area (Å²) in [5.41, 5.74) is 0.156. The number of hydrogen-bond acceptors (Lipinski definition) is 7. The molecular formula is C19H22F3N3O6S2. The third-order valence-electron chi connectivity index (χ3n) is 4.51. The van der Waals surface area contributed by atoms with Gasteiger partial charge in [-0.15, -0.1) is 11.3 Å². The molecule has 3 N–H and O–H groups in total. The number of rotatable bonds is 5. The minimum atomic E-state index is -5.08. The summed E-state index contributed by atoms with van der Waals surface area (Å²) in [6.45, 7) is 1.51. The van der Waals surface area contributed by atoms with E-state index in [0.717, 1.165) is 50.1 Å². The summed E-state index contributed by atoms with van der Waals surface area (Å²) >= 11 is 1.09. The number of carboxylic acid groups (broad SMARTS) is 2. The van der Waals surface area contributed by atoms with E-state index in [9.17, 15) is 31.5 Å². The van der Waals surface area contributed by atoms with E-state index in [1.807, 2.05) is 4.90 Å². The smallest absolute Gasteiger partial charge is 0.478 e. The van der Waals surface area contributed by atoms with Gasteiger partial charge in [-0.1, -0.05) is 25.3 Å². The number of alkyl halides is 3. The van der Waals surface area contributed by atoms with Crippen LogP contribution in [-0.4, -0.2) is 54.8 Å². The molecule has 0 saturated carbocycles. The fraction of sp³-hybridized carbons (Fsp3) is 0.421. The normalized spacial score (nSPS) is 14.9. The van der Waals surface area contributed by atoms with Gasteiger partial charge in [0.25, 0.3) is 10.0 Å². The number of hydrogen-bond donors (Lipinski definition) is 3. The van der Waals surface area contributed by atoms with Crippen molar-refractivity contribution in [2.45, 2.75) is 42.5 Å². The first-order valence-corrected chi connectivity index (χ1v) is 12.1. The summed E-state index contributed by atoms with van der Waals surface area (Å²) in [5, 5.41) is 18.4. The van der Waals surface area contributed by atoms with Gasteiger partial charge in [-0.3, -0.25) is 4.72 Å². The van der Waals surface area contributed by atoms with Crippen LogP contribution in [-0.2, 0) is 14.8 Å². The number of pyridine rings is 1. The number of thiophene rings is 1. The molecular weight excluding hydrogens is 487 g/mol. The molecule has 0 aromatic carbocycles. The summed E-state index contributed by atoms with van der Waals surface area (Å²) < 4.78 is 59.0. The molecule has 1 aliphatic heterocycles. The molecule has 14 heteroatoms. The van der Waals surface area contributed by atoms with Gasteiger partial charge in [0.05, 0.1) is 11.9 Å². The number of anilines is 2. The van der Waals surface area contributed by atoms with Crippen molar-refractivity contribution in [1.29, 1.82) is 0 Å². The molecule has 0 radical (unpaired) electrons. The van der Waals surface area contributed by atoms with Crippen molar-refractivity contribution in [2.24, 2.45) is 0 Å². The molecule has 182 valence electrons. The van der Waals surface area contributed by atoms with Gasteiger partial charge in [-0.25, -0.2) is 23.0 Å². The van der Waals surface area contributed by atoms with Gasteiger partial charge in [-0.2, -0.15) is 13.2 Å². The Balaban J connectivity index is 0.000000479. The van der Waals surface area contributed by atoms with E-state index < -0.39 is 28.1 Å². The molecule has 1 fully saturated rings. The van der Waals surface area contributed by atoms with Crippen molar-refractivity contribution < 1.29 is 41.4 Å². The zero-order chi connectivity index (χ0) is 24.6. The van der Waals surface area contributed by atoms with E-state index in [0.29, 0.717) is 5.82 Å². The zero-order valence-electron chi connectivity index (χ0n) is 17.2. The summed E-state index contributed by atoms with van der Waals surface area (Å²) in [5.74, 6) is -3.47. The second-order valence-corrected chi connectivity index (χ2v) is 9.85. The first-order valence-electron chi connectivity index (χ1n) is 9.76. The lowest BCUT2D eigenvalue weighted by Crippen LogP contribution is -2.29.